The lowest BCUT2D eigenvalue weighted by Crippen LogP contribution is -2.09. The van der Waals surface area contributed by atoms with Crippen molar-refractivity contribution in [2.75, 3.05) is 18.1 Å². The number of rotatable bonds is 11. The summed E-state index contributed by atoms with van der Waals surface area (Å²) in [5.74, 6) is 1.09. The van der Waals surface area contributed by atoms with Crippen molar-refractivity contribution in [3.63, 3.8) is 0 Å². The van der Waals surface area contributed by atoms with E-state index < -0.39 is 6.17 Å². The minimum atomic E-state index is -0.669. The number of thioether (sulfide) groups is 1. The van der Waals surface area contributed by atoms with Gasteiger partial charge in [0, 0.05) is 0 Å². The van der Waals surface area contributed by atoms with E-state index in [1.165, 1.54) is 11.8 Å². The van der Waals surface area contributed by atoms with Crippen LogP contribution in [0.2, 0.25) is 0 Å². The van der Waals surface area contributed by atoms with Crippen LogP contribution in [0.5, 0.6) is 0 Å². The molecule has 0 saturated carbocycles. The van der Waals surface area contributed by atoms with Crippen molar-refractivity contribution in [1.82, 2.24) is 0 Å². The van der Waals surface area contributed by atoms with Crippen LogP contribution in [0.4, 0.5) is 4.39 Å². The molecule has 0 radical (unpaired) electrons. The summed E-state index contributed by atoms with van der Waals surface area (Å²) in [5.41, 5.74) is 0. The van der Waals surface area contributed by atoms with Gasteiger partial charge in [0.25, 0.3) is 0 Å². The van der Waals surface area contributed by atoms with Gasteiger partial charge in [-0.1, -0.05) is 26.7 Å². The first kappa shape index (κ1) is 16.8. The van der Waals surface area contributed by atoms with E-state index in [9.17, 15) is 9.18 Å². The molecule has 0 aliphatic heterocycles. The van der Waals surface area contributed by atoms with Gasteiger partial charge in [-0.15, -0.1) is 0 Å². The van der Waals surface area contributed by atoms with E-state index >= 15 is 0 Å². The Kier molecular flexibility index (Phi) is 12.0. The normalized spacial score (nSPS) is 12.4. The van der Waals surface area contributed by atoms with Crippen molar-refractivity contribution in [2.24, 2.45) is 0 Å². The quantitative estimate of drug-likeness (QED) is 0.417. The van der Waals surface area contributed by atoms with Crippen LogP contribution in [0.15, 0.2) is 0 Å². The Morgan fingerprint density at radius 2 is 2.00 bits per heavy atom. The van der Waals surface area contributed by atoms with E-state index in [1.54, 1.807) is 0 Å². The second-order valence-electron chi connectivity index (χ2n) is 4.15. The third kappa shape index (κ3) is 12.0. The van der Waals surface area contributed by atoms with Gasteiger partial charge in [-0.2, -0.15) is 11.8 Å². The number of alkyl halides is 1. The molecule has 0 spiro atoms. The summed E-state index contributed by atoms with van der Waals surface area (Å²) in [6, 6.07) is 0. The highest BCUT2D eigenvalue weighted by Gasteiger charge is 2.06. The second kappa shape index (κ2) is 12.2. The van der Waals surface area contributed by atoms with Crippen LogP contribution >= 0.6 is 11.8 Å². The lowest BCUT2D eigenvalue weighted by molar-refractivity contribution is -0.140. The molecule has 0 amide bonds. The molecule has 0 bridgehead atoms. The highest BCUT2D eigenvalue weighted by molar-refractivity contribution is 7.99. The van der Waals surface area contributed by atoms with Gasteiger partial charge in [0.05, 0.1) is 12.4 Å². The van der Waals surface area contributed by atoms with Crippen molar-refractivity contribution < 1.29 is 13.9 Å². The van der Waals surface area contributed by atoms with Crippen molar-refractivity contribution in [2.45, 2.75) is 58.5 Å². The molecule has 0 aliphatic rings. The molecule has 4 heteroatoms. The largest absolute Gasteiger partial charge is 0.465 e. The maximum atomic E-state index is 13.1. The van der Waals surface area contributed by atoms with Crippen LogP contribution in [0.3, 0.4) is 0 Å². The molecular formula is C13H25FO2S. The molecule has 17 heavy (non-hydrogen) atoms. The van der Waals surface area contributed by atoms with Crippen LogP contribution in [-0.4, -0.2) is 30.3 Å². The molecule has 102 valence electrons. The Labute approximate surface area is 109 Å². The van der Waals surface area contributed by atoms with Gasteiger partial charge in [-0.3, -0.25) is 4.79 Å². The van der Waals surface area contributed by atoms with Gasteiger partial charge in [0.15, 0.2) is 0 Å². The van der Waals surface area contributed by atoms with Gasteiger partial charge in [-0.05, 0) is 31.4 Å². The molecule has 0 aromatic rings. The summed E-state index contributed by atoms with van der Waals surface area (Å²) in [4.78, 5) is 11.2. The minimum absolute atomic E-state index is 0.145. The van der Waals surface area contributed by atoms with Crippen molar-refractivity contribution in [3.05, 3.63) is 0 Å². The van der Waals surface area contributed by atoms with Crippen LogP contribution in [0.1, 0.15) is 52.4 Å². The van der Waals surface area contributed by atoms with E-state index in [1.807, 2.05) is 6.92 Å². The fourth-order valence-corrected chi connectivity index (χ4v) is 2.16. The van der Waals surface area contributed by atoms with E-state index in [0.717, 1.165) is 31.4 Å². The third-order valence-corrected chi connectivity index (χ3v) is 3.41. The fraction of sp³-hybridized carbons (Fsp3) is 0.923. The lowest BCUT2D eigenvalue weighted by atomic mass is 10.1. The first-order chi connectivity index (χ1) is 8.20. The zero-order chi connectivity index (χ0) is 12.9. The lowest BCUT2D eigenvalue weighted by Gasteiger charge is -2.06. The van der Waals surface area contributed by atoms with Crippen LogP contribution in [0, 0.1) is 0 Å². The summed E-state index contributed by atoms with van der Waals surface area (Å²) in [5, 5.41) is 0. The number of esters is 1. The SMILES string of the molecule is CCCCOC(=O)CSCCCC(F)CCC. The molecule has 0 rings (SSSR count). The molecule has 0 aliphatic carbocycles. The monoisotopic (exact) mass is 264 g/mol. The number of hydrogen-bond donors (Lipinski definition) is 0. The highest BCUT2D eigenvalue weighted by atomic mass is 32.2. The molecule has 0 saturated heterocycles. The molecule has 2 nitrogen and oxygen atoms in total. The van der Waals surface area contributed by atoms with Crippen molar-refractivity contribution in [3.8, 4) is 0 Å². The maximum Gasteiger partial charge on any atom is 0.315 e. The van der Waals surface area contributed by atoms with E-state index in [-0.39, 0.29) is 5.97 Å². The van der Waals surface area contributed by atoms with Crippen LogP contribution in [0.25, 0.3) is 0 Å². The van der Waals surface area contributed by atoms with E-state index in [0.29, 0.717) is 25.2 Å². The standard InChI is InChI=1S/C13H25FO2S/c1-3-5-9-16-13(15)11-17-10-6-8-12(14)7-4-2/h12H,3-11H2,1-2H3. The van der Waals surface area contributed by atoms with Crippen molar-refractivity contribution >= 4 is 17.7 Å². The summed E-state index contributed by atoms with van der Waals surface area (Å²) < 4.78 is 18.1. The number of carbonyl (C=O) groups excluding carboxylic acids is 1. The smallest absolute Gasteiger partial charge is 0.315 e. The van der Waals surface area contributed by atoms with Crippen LogP contribution < -0.4 is 0 Å². The Hall–Kier alpha value is -0.250. The number of carbonyl (C=O) groups is 1. The highest BCUT2D eigenvalue weighted by Crippen LogP contribution is 2.12. The molecule has 0 heterocycles. The Morgan fingerprint density at radius 3 is 2.65 bits per heavy atom. The molecule has 1 atom stereocenters. The number of halogens is 1. The predicted molar refractivity (Wildman–Crippen MR) is 72.2 cm³/mol. The molecule has 0 fully saturated rings. The van der Waals surface area contributed by atoms with Gasteiger partial charge >= 0.3 is 5.97 Å². The van der Waals surface area contributed by atoms with E-state index in [4.69, 9.17) is 4.74 Å². The Morgan fingerprint density at radius 1 is 1.24 bits per heavy atom. The van der Waals surface area contributed by atoms with E-state index in [2.05, 4.69) is 6.92 Å². The molecular weight excluding hydrogens is 239 g/mol. The third-order valence-electron chi connectivity index (χ3n) is 2.39. The molecule has 1 unspecified atom stereocenters. The predicted octanol–water partition coefficient (Wildman–Crippen LogP) is 3.98. The van der Waals surface area contributed by atoms with Gasteiger partial charge < -0.3 is 4.74 Å². The number of unbranched alkanes of at least 4 members (excludes halogenated alkanes) is 1. The summed E-state index contributed by atoms with van der Waals surface area (Å²) in [7, 11) is 0. The summed E-state index contributed by atoms with van der Waals surface area (Å²) in [6.45, 7) is 4.58. The first-order valence-electron chi connectivity index (χ1n) is 6.58. The average molecular weight is 264 g/mol. The zero-order valence-electron chi connectivity index (χ0n) is 11.0. The Balaban J connectivity index is 3.24. The zero-order valence-corrected chi connectivity index (χ0v) is 11.9. The van der Waals surface area contributed by atoms with Gasteiger partial charge in [-0.25, -0.2) is 4.39 Å². The fourth-order valence-electron chi connectivity index (χ4n) is 1.39. The Bertz CT molecular complexity index is 188. The molecule has 0 N–H and O–H groups in total. The van der Waals surface area contributed by atoms with Gasteiger partial charge in [0.2, 0.25) is 0 Å². The summed E-state index contributed by atoms with van der Waals surface area (Å²) >= 11 is 1.54. The number of hydrogen-bond acceptors (Lipinski definition) is 3. The van der Waals surface area contributed by atoms with Gasteiger partial charge in [0.1, 0.15) is 6.17 Å². The van der Waals surface area contributed by atoms with Crippen LogP contribution in [-0.2, 0) is 9.53 Å². The molecule has 0 aromatic heterocycles. The van der Waals surface area contributed by atoms with Crippen molar-refractivity contribution in [1.29, 1.82) is 0 Å². The maximum absolute atomic E-state index is 13.1. The summed E-state index contributed by atoms with van der Waals surface area (Å²) in [6.07, 6.45) is 4.31. The topological polar surface area (TPSA) is 26.3 Å². The number of ether oxygens (including phenoxy) is 1. The molecule has 0 aromatic carbocycles. The first-order valence-corrected chi connectivity index (χ1v) is 7.73. The minimum Gasteiger partial charge on any atom is -0.465 e. The second-order valence-corrected chi connectivity index (χ2v) is 5.26. The average Bonchev–Trinajstić information content (AvgIpc) is 2.29.